The lowest BCUT2D eigenvalue weighted by atomic mass is 10.3. The average molecular weight is 187 g/mol. The van der Waals surface area contributed by atoms with Crippen LogP contribution >= 0.6 is 0 Å². The van der Waals surface area contributed by atoms with Crippen molar-refractivity contribution in [1.29, 1.82) is 0 Å². The maximum atomic E-state index is 11.1. The van der Waals surface area contributed by atoms with E-state index in [0.29, 0.717) is 13.0 Å². The van der Waals surface area contributed by atoms with Crippen LogP contribution in [-0.2, 0) is 4.79 Å². The lowest BCUT2D eigenvalue weighted by Crippen LogP contribution is -2.32. The van der Waals surface area contributed by atoms with Gasteiger partial charge in [0.2, 0.25) is 5.91 Å². The summed E-state index contributed by atoms with van der Waals surface area (Å²) in [5.41, 5.74) is 5.32. The zero-order chi connectivity index (χ0) is 10.1. The largest absolute Gasteiger partial charge is 0.354 e. The van der Waals surface area contributed by atoms with E-state index in [2.05, 4.69) is 10.6 Å². The number of nitrogens with one attached hydrogen (secondary N) is 2. The number of hydrogen-bond donors (Lipinski definition) is 3. The Kier molecular flexibility index (Phi) is 7.63. The first-order valence-corrected chi connectivity index (χ1v) is 4.87. The molecule has 4 nitrogen and oxygen atoms in total. The normalized spacial score (nSPS) is 10.5. The highest BCUT2D eigenvalue weighted by molar-refractivity contribution is 5.76. The third-order valence-corrected chi connectivity index (χ3v) is 1.54. The summed E-state index contributed by atoms with van der Waals surface area (Å²) in [4.78, 5) is 11.1. The van der Waals surface area contributed by atoms with Crippen LogP contribution in [0.25, 0.3) is 0 Å². The molecular formula is C9H21N3O. The fraction of sp³-hybridized carbons (Fsp3) is 0.889. The van der Waals surface area contributed by atoms with Crippen LogP contribution in [0.1, 0.15) is 26.7 Å². The standard InChI is InChI=1S/C9H21N3O/c1-8(2)12-9(13)4-7-11-6-3-5-10/h8,11H,3-7,10H2,1-2H3,(H,12,13). The molecule has 0 bridgehead atoms. The Morgan fingerprint density at radius 2 is 2.08 bits per heavy atom. The minimum absolute atomic E-state index is 0.107. The second-order valence-corrected chi connectivity index (χ2v) is 3.36. The van der Waals surface area contributed by atoms with Gasteiger partial charge in [-0.2, -0.15) is 0 Å². The molecule has 0 aromatic carbocycles. The van der Waals surface area contributed by atoms with Crippen LogP contribution in [0.5, 0.6) is 0 Å². The Bertz CT molecular complexity index is 137. The molecule has 4 heteroatoms. The summed E-state index contributed by atoms with van der Waals surface area (Å²) in [5.74, 6) is 0.107. The lowest BCUT2D eigenvalue weighted by Gasteiger charge is -2.08. The molecule has 0 saturated heterocycles. The van der Waals surface area contributed by atoms with Gasteiger partial charge < -0.3 is 16.4 Å². The van der Waals surface area contributed by atoms with Crippen molar-refractivity contribution in [2.24, 2.45) is 5.73 Å². The fourth-order valence-corrected chi connectivity index (χ4v) is 0.948. The zero-order valence-electron chi connectivity index (χ0n) is 8.60. The highest BCUT2D eigenvalue weighted by Crippen LogP contribution is 1.82. The van der Waals surface area contributed by atoms with E-state index in [1.54, 1.807) is 0 Å². The fourth-order valence-electron chi connectivity index (χ4n) is 0.948. The number of carbonyl (C=O) groups excluding carboxylic acids is 1. The van der Waals surface area contributed by atoms with Crippen LogP contribution in [0.2, 0.25) is 0 Å². The van der Waals surface area contributed by atoms with Gasteiger partial charge in [0.1, 0.15) is 0 Å². The smallest absolute Gasteiger partial charge is 0.221 e. The predicted octanol–water partition coefficient (Wildman–Crippen LogP) is -0.160. The van der Waals surface area contributed by atoms with E-state index in [0.717, 1.165) is 19.5 Å². The molecule has 1 amide bonds. The second kappa shape index (κ2) is 8.01. The number of hydrogen-bond acceptors (Lipinski definition) is 3. The van der Waals surface area contributed by atoms with E-state index >= 15 is 0 Å². The van der Waals surface area contributed by atoms with Gasteiger partial charge in [0.15, 0.2) is 0 Å². The van der Waals surface area contributed by atoms with E-state index in [9.17, 15) is 4.79 Å². The highest BCUT2D eigenvalue weighted by Gasteiger charge is 2.01. The average Bonchev–Trinajstić information content (AvgIpc) is 2.02. The molecule has 4 N–H and O–H groups in total. The molecule has 0 fully saturated rings. The molecule has 0 aliphatic rings. The van der Waals surface area contributed by atoms with Crippen LogP contribution in [0, 0.1) is 0 Å². The third-order valence-electron chi connectivity index (χ3n) is 1.54. The summed E-state index contributed by atoms with van der Waals surface area (Å²) in [5, 5.41) is 5.98. The minimum Gasteiger partial charge on any atom is -0.354 e. The minimum atomic E-state index is 0.107. The summed E-state index contributed by atoms with van der Waals surface area (Å²) < 4.78 is 0. The molecule has 0 atom stereocenters. The van der Waals surface area contributed by atoms with Gasteiger partial charge in [0, 0.05) is 19.0 Å². The van der Waals surface area contributed by atoms with E-state index in [1.807, 2.05) is 13.8 Å². The second-order valence-electron chi connectivity index (χ2n) is 3.36. The number of nitrogens with two attached hydrogens (primary N) is 1. The third kappa shape index (κ3) is 9.30. The SMILES string of the molecule is CC(C)NC(=O)CCNCCCN. The van der Waals surface area contributed by atoms with Gasteiger partial charge in [-0.1, -0.05) is 0 Å². The molecule has 13 heavy (non-hydrogen) atoms. The van der Waals surface area contributed by atoms with Crippen molar-refractivity contribution in [2.45, 2.75) is 32.7 Å². The number of carbonyl (C=O) groups is 1. The Balaban J connectivity index is 3.17. The number of rotatable bonds is 7. The first-order valence-electron chi connectivity index (χ1n) is 4.87. The van der Waals surface area contributed by atoms with Crippen LogP contribution in [0.4, 0.5) is 0 Å². The molecule has 0 rings (SSSR count). The van der Waals surface area contributed by atoms with Crippen molar-refractivity contribution in [2.75, 3.05) is 19.6 Å². The van der Waals surface area contributed by atoms with Crippen LogP contribution < -0.4 is 16.4 Å². The van der Waals surface area contributed by atoms with E-state index in [-0.39, 0.29) is 11.9 Å². The van der Waals surface area contributed by atoms with Gasteiger partial charge in [0.25, 0.3) is 0 Å². The lowest BCUT2D eigenvalue weighted by molar-refractivity contribution is -0.121. The van der Waals surface area contributed by atoms with Gasteiger partial charge in [-0.05, 0) is 33.4 Å². The van der Waals surface area contributed by atoms with Gasteiger partial charge in [-0.15, -0.1) is 0 Å². The summed E-state index contributed by atoms with van der Waals surface area (Å²) >= 11 is 0. The zero-order valence-corrected chi connectivity index (χ0v) is 8.60. The van der Waals surface area contributed by atoms with Crippen molar-refractivity contribution in [3.8, 4) is 0 Å². The first kappa shape index (κ1) is 12.4. The van der Waals surface area contributed by atoms with Crippen molar-refractivity contribution >= 4 is 5.91 Å². The Hall–Kier alpha value is -0.610. The van der Waals surface area contributed by atoms with Gasteiger partial charge in [-0.3, -0.25) is 4.79 Å². The van der Waals surface area contributed by atoms with Crippen molar-refractivity contribution in [3.05, 3.63) is 0 Å². The predicted molar refractivity (Wildman–Crippen MR) is 54.4 cm³/mol. The molecule has 0 spiro atoms. The van der Waals surface area contributed by atoms with Crippen LogP contribution in [0.15, 0.2) is 0 Å². The van der Waals surface area contributed by atoms with Gasteiger partial charge >= 0.3 is 0 Å². The topological polar surface area (TPSA) is 67.2 Å². The Morgan fingerprint density at radius 3 is 2.62 bits per heavy atom. The van der Waals surface area contributed by atoms with Gasteiger partial charge in [-0.25, -0.2) is 0 Å². The number of amides is 1. The van der Waals surface area contributed by atoms with Crippen LogP contribution in [-0.4, -0.2) is 31.6 Å². The molecule has 0 radical (unpaired) electrons. The molecule has 0 unspecified atom stereocenters. The Labute approximate surface area is 80.3 Å². The van der Waals surface area contributed by atoms with Crippen molar-refractivity contribution in [3.63, 3.8) is 0 Å². The van der Waals surface area contributed by atoms with E-state index in [4.69, 9.17) is 5.73 Å². The molecular weight excluding hydrogens is 166 g/mol. The molecule has 0 saturated carbocycles. The summed E-state index contributed by atoms with van der Waals surface area (Å²) in [7, 11) is 0. The first-order chi connectivity index (χ1) is 6.16. The summed E-state index contributed by atoms with van der Waals surface area (Å²) in [6.45, 7) is 6.24. The van der Waals surface area contributed by atoms with Gasteiger partial charge in [0.05, 0.1) is 0 Å². The maximum Gasteiger partial charge on any atom is 0.221 e. The summed E-state index contributed by atoms with van der Waals surface area (Å²) in [6, 6.07) is 0.233. The molecule has 0 heterocycles. The van der Waals surface area contributed by atoms with Crippen molar-refractivity contribution in [1.82, 2.24) is 10.6 Å². The van der Waals surface area contributed by atoms with E-state index < -0.39 is 0 Å². The molecule has 0 aliphatic heterocycles. The van der Waals surface area contributed by atoms with E-state index in [1.165, 1.54) is 0 Å². The molecule has 0 aromatic rings. The molecule has 78 valence electrons. The molecule has 0 aliphatic carbocycles. The summed E-state index contributed by atoms with van der Waals surface area (Å²) in [6.07, 6.45) is 1.51. The van der Waals surface area contributed by atoms with Crippen molar-refractivity contribution < 1.29 is 4.79 Å². The van der Waals surface area contributed by atoms with Crippen LogP contribution in [0.3, 0.4) is 0 Å². The Morgan fingerprint density at radius 1 is 1.38 bits per heavy atom. The maximum absolute atomic E-state index is 11.1. The molecule has 0 aromatic heterocycles. The quantitative estimate of drug-likeness (QED) is 0.485. The highest BCUT2D eigenvalue weighted by atomic mass is 16.1. The monoisotopic (exact) mass is 187 g/mol.